The Balaban J connectivity index is 1.92. The number of sulfonamides is 1. The Bertz CT molecular complexity index is 1060. The molecule has 1 N–H and O–H groups in total. The summed E-state index contributed by atoms with van der Waals surface area (Å²) in [4.78, 5) is 36.2. The van der Waals surface area contributed by atoms with E-state index in [0.717, 1.165) is 0 Å². The Morgan fingerprint density at radius 3 is 2.25 bits per heavy atom. The number of nitrogens with one attached hydrogen (secondary N) is 1. The molecule has 0 aliphatic carbocycles. The summed E-state index contributed by atoms with van der Waals surface area (Å²) in [6, 6.07) is 13.1. The zero-order valence-corrected chi connectivity index (χ0v) is 19.3. The third kappa shape index (κ3) is 6.73. The van der Waals surface area contributed by atoms with Gasteiger partial charge in [0.25, 0.3) is 5.91 Å². The van der Waals surface area contributed by atoms with Gasteiger partial charge in [0.05, 0.1) is 11.3 Å². The molecule has 1 amide bonds. The van der Waals surface area contributed by atoms with Gasteiger partial charge in [-0.3, -0.25) is 14.4 Å². The number of ether oxygens (including phenoxy) is 1. The zero-order chi connectivity index (χ0) is 23.7. The molecule has 8 nitrogen and oxygen atoms in total. The summed E-state index contributed by atoms with van der Waals surface area (Å²) < 4.78 is 31.7. The van der Waals surface area contributed by atoms with Crippen LogP contribution in [0, 0.1) is 6.92 Å². The minimum Gasteiger partial charge on any atom is -0.456 e. The lowest BCUT2D eigenvalue weighted by Crippen LogP contribution is -2.30. The molecule has 172 valence electrons. The van der Waals surface area contributed by atoms with Crippen LogP contribution in [-0.2, 0) is 24.3 Å². The SMILES string of the molecule is CCN(CC)S(=O)(=O)c1ccc(C)c(NC(=O)COC(=O)CCC(=O)c2ccccc2)c1. The molecule has 0 aliphatic rings. The van der Waals surface area contributed by atoms with Crippen molar-refractivity contribution < 1.29 is 27.5 Å². The number of hydrogen-bond donors (Lipinski definition) is 1. The zero-order valence-electron chi connectivity index (χ0n) is 18.5. The Morgan fingerprint density at radius 1 is 0.969 bits per heavy atom. The largest absolute Gasteiger partial charge is 0.456 e. The quantitative estimate of drug-likeness (QED) is 0.407. The van der Waals surface area contributed by atoms with Crippen molar-refractivity contribution in [1.29, 1.82) is 0 Å². The molecule has 2 aromatic rings. The van der Waals surface area contributed by atoms with Crippen molar-refractivity contribution in [3.8, 4) is 0 Å². The van der Waals surface area contributed by atoms with E-state index < -0.39 is 28.5 Å². The highest BCUT2D eigenvalue weighted by molar-refractivity contribution is 7.89. The number of anilines is 1. The monoisotopic (exact) mass is 460 g/mol. The first-order chi connectivity index (χ1) is 15.2. The van der Waals surface area contributed by atoms with E-state index in [4.69, 9.17) is 4.74 Å². The summed E-state index contributed by atoms with van der Waals surface area (Å²) in [5, 5.41) is 2.58. The van der Waals surface area contributed by atoms with E-state index in [1.54, 1.807) is 57.2 Å². The Labute approximate surface area is 188 Å². The topological polar surface area (TPSA) is 110 Å². The number of amides is 1. The second kappa shape index (κ2) is 11.5. The molecule has 2 rings (SSSR count). The van der Waals surface area contributed by atoms with E-state index >= 15 is 0 Å². The Kier molecular flexibility index (Phi) is 9.10. The first-order valence-electron chi connectivity index (χ1n) is 10.3. The molecule has 9 heteroatoms. The molecule has 0 saturated carbocycles. The molecule has 0 spiro atoms. The number of rotatable bonds is 11. The van der Waals surface area contributed by atoms with Crippen molar-refractivity contribution in [2.75, 3.05) is 25.0 Å². The second-order valence-corrected chi connectivity index (χ2v) is 9.00. The molecular weight excluding hydrogens is 432 g/mol. The first kappa shape index (κ1) is 25.2. The lowest BCUT2D eigenvalue weighted by molar-refractivity contribution is -0.147. The third-order valence-electron chi connectivity index (χ3n) is 4.84. The number of benzene rings is 2. The van der Waals surface area contributed by atoms with Crippen LogP contribution < -0.4 is 5.32 Å². The number of nitrogens with zero attached hydrogens (tertiary/aromatic N) is 1. The molecule has 0 atom stereocenters. The number of aryl methyl sites for hydroxylation is 1. The maximum atomic E-state index is 12.7. The van der Waals surface area contributed by atoms with E-state index in [1.165, 1.54) is 16.4 Å². The van der Waals surface area contributed by atoms with E-state index in [0.29, 0.717) is 29.9 Å². The maximum Gasteiger partial charge on any atom is 0.306 e. The molecule has 0 unspecified atom stereocenters. The van der Waals surface area contributed by atoms with Gasteiger partial charge >= 0.3 is 5.97 Å². The van der Waals surface area contributed by atoms with Crippen LogP contribution in [-0.4, -0.2) is 50.1 Å². The summed E-state index contributed by atoms with van der Waals surface area (Å²) in [5.41, 5.74) is 1.49. The molecule has 0 saturated heterocycles. The fourth-order valence-corrected chi connectivity index (χ4v) is 4.48. The minimum absolute atomic E-state index is 0.0190. The normalized spacial score (nSPS) is 11.2. The van der Waals surface area contributed by atoms with Gasteiger partial charge in [-0.1, -0.05) is 50.2 Å². The van der Waals surface area contributed by atoms with Gasteiger partial charge < -0.3 is 10.1 Å². The summed E-state index contributed by atoms with van der Waals surface area (Å²) in [7, 11) is -3.68. The van der Waals surface area contributed by atoms with Crippen molar-refractivity contribution in [3.63, 3.8) is 0 Å². The van der Waals surface area contributed by atoms with Gasteiger partial charge in [-0.2, -0.15) is 4.31 Å². The highest BCUT2D eigenvalue weighted by Gasteiger charge is 2.22. The van der Waals surface area contributed by atoms with Crippen molar-refractivity contribution in [1.82, 2.24) is 4.31 Å². The predicted molar refractivity (Wildman–Crippen MR) is 121 cm³/mol. The fraction of sp³-hybridized carbons (Fsp3) is 0.348. The van der Waals surface area contributed by atoms with Gasteiger partial charge in [-0.15, -0.1) is 0 Å². The van der Waals surface area contributed by atoms with Crippen LogP contribution in [0.2, 0.25) is 0 Å². The van der Waals surface area contributed by atoms with E-state index in [1.807, 2.05) is 0 Å². The van der Waals surface area contributed by atoms with Crippen molar-refractivity contribution in [2.45, 2.75) is 38.5 Å². The summed E-state index contributed by atoms with van der Waals surface area (Å²) in [6.45, 7) is 5.35. The smallest absolute Gasteiger partial charge is 0.306 e. The van der Waals surface area contributed by atoms with Crippen LogP contribution in [0.15, 0.2) is 53.4 Å². The van der Waals surface area contributed by atoms with Crippen LogP contribution in [0.1, 0.15) is 42.6 Å². The van der Waals surface area contributed by atoms with Crippen LogP contribution in [0.4, 0.5) is 5.69 Å². The highest BCUT2D eigenvalue weighted by atomic mass is 32.2. The minimum atomic E-state index is -3.68. The molecule has 0 radical (unpaired) electrons. The standard InChI is InChI=1S/C23H28N2O6S/c1-4-25(5-2)32(29,30)19-12-11-17(3)20(15-19)24-22(27)16-31-23(28)14-13-21(26)18-9-7-6-8-10-18/h6-12,15H,4-5,13-14,16H2,1-3H3,(H,24,27). The molecule has 0 aromatic heterocycles. The summed E-state index contributed by atoms with van der Waals surface area (Å²) >= 11 is 0. The van der Waals surface area contributed by atoms with E-state index in [-0.39, 0.29) is 23.5 Å². The summed E-state index contributed by atoms with van der Waals surface area (Å²) in [6.07, 6.45) is -0.160. The van der Waals surface area contributed by atoms with E-state index in [9.17, 15) is 22.8 Å². The van der Waals surface area contributed by atoms with Crippen LogP contribution in [0.3, 0.4) is 0 Å². The number of esters is 1. The molecular formula is C23H28N2O6S. The van der Waals surface area contributed by atoms with Crippen LogP contribution >= 0.6 is 0 Å². The maximum absolute atomic E-state index is 12.7. The van der Waals surface area contributed by atoms with E-state index in [2.05, 4.69) is 5.32 Å². The van der Waals surface area contributed by atoms with Gasteiger partial charge in [0.2, 0.25) is 10.0 Å². The second-order valence-electron chi connectivity index (χ2n) is 7.06. The van der Waals surface area contributed by atoms with Crippen molar-refractivity contribution in [2.24, 2.45) is 0 Å². The van der Waals surface area contributed by atoms with Crippen molar-refractivity contribution >= 4 is 33.4 Å². The Morgan fingerprint density at radius 2 is 1.62 bits per heavy atom. The van der Waals surface area contributed by atoms with Gasteiger partial charge in [0, 0.05) is 30.8 Å². The molecule has 0 bridgehead atoms. The number of Topliss-reactive ketones (excluding diaryl/α,β-unsaturated/α-hetero) is 1. The predicted octanol–water partition coefficient (Wildman–Crippen LogP) is 3.17. The average molecular weight is 461 g/mol. The van der Waals surface area contributed by atoms with Crippen LogP contribution in [0.5, 0.6) is 0 Å². The number of carbonyl (C=O) groups is 3. The van der Waals surface area contributed by atoms with Gasteiger partial charge in [0.1, 0.15) is 0 Å². The van der Waals surface area contributed by atoms with Gasteiger partial charge in [0.15, 0.2) is 12.4 Å². The van der Waals surface area contributed by atoms with Crippen molar-refractivity contribution in [3.05, 3.63) is 59.7 Å². The number of hydrogen-bond acceptors (Lipinski definition) is 6. The third-order valence-corrected chi connectivity index (χ3v) is 6.89. The summed E-state index contributed by atoms with van der Waals surface area (Å²) in [5.74, 6) is -1.46. The lowest BCUT2D eigenvalue weighted by atomic mass is 10.1. The highest BCUT2D eigenvalue weighted by Crippen LogP contribution is 2.23. The molecule has 32 heavy (non-hydrogen) atoms. The molecule has 2 aromatic carbocycles. The molecule has 0 fully saturated rings. The van der Waals surface area contributed by atoms with Gasteiger partial charge in [-0.05, 0) is 24.6 Å². The van der Waals surface area contributed by atoms with Crippen LogP contribution in [0.25, 0.3) is 0 Å². The average Bonchev–Trinajstić information content (AvgIpc) is 2.78. The lowest BCUT2D eigenvalue weighted by Gasteiger charge is -2.19. The first-order valence-corrected chi connectivity index (χ1v) is 11.8. The van der Waals surface area contributed by atoms with Gasteiger partial charge in [-0.25, -0.2) is 8.42 Å². The molecule has 0 heterocycles. The number of ketones is 1. The number of carbonyl (C=O) groups excluding carboxylic acids is 3. The fourth-order valence-electron chi connectivity index (χ4n) is 3.00. The Hall–Kier alpha value is -3.04. The molecule has 0 aliphatic heterocycles.